The van der Waals surface area contributed by atoms with Crippen LogP contribution in [-0.4, -0.2) is 42.7 Å². The molecule has 6 rings (SSSR count). The molecule has 0 radical (unpaired) electrons. The zero-order valence-corrected chi connectivity index (χ0v) is 15.0. The van der Waals surface area contributed by atoms with Crippen molar-refractivity contribution in [1.29, 1.82) is 0 Å². The average molecular weight is 356 g/mol. The van der Waals surface area contributed by atoms with Crippen molar-refractivity contribution in [3.63, 3.8) is 0 Å². The van der Waals surface area contributed by atoms with Gasteiger partial charge in [0.15, 0.2) is 0 Å². The molecule has 1 aromatic carbocycles. The lowest BCUT2D eigenvalue weighted by atomic mass is 9.75. The fourth-order valence-electron chi connectivity index (χ4n) is 4.67. The van der Waals surface area contributed by atoms with E-state index < -0.39 is 0 Å². The first kappa shape index (κ1) is 15.1. The molecule has 1 fully saturated rings. The minimum atomic E-state index is 0.259. The Bertz CT molecular complexity index is 1120. The SMILES string of the molecule is c1ccc2ncc(-c3cc4n(n3)CCC43CN(Cc4cnc[nH]4)C3)cc2c1. The fourth-order valence-corrected chi connectivity index (χ4v) is 4.67. The van der Waals surface area contributed by atoms with Gasteiger partial charge in [0, 0.05) is 66.3 Å². The first-order valence-corrected chi connectivity index (χ1v) is 9.42. The fraction of sp³-hybridized carbons (Fsp3) is 0.286. The summed E-state index contributed by atoms with van der Waals surface area (Å²) in [7, 11) is 0. The Labute approximate surface area is 156 Å². The molecule has 2 aliphatic rings. The minimum absolute atomic E-state index is 0.259. The Morgan fingerprint density at radius 2 is 2.04 bits per heavy atom. The highest BCUT2D eigenvalue weighted by molar-refractivity contribution is 5.82. The van der Waals surface area contributed by atoms with Crippen LogP contribution in [0.15, 0.2) is 55.1 Å². The molecule has 3 aromatic heterocycles. The quantitative estimate of drug-likeness (QED) is 0.613. The second-order valence-corrected chi connectivity index (χ2v) is 7.81. The molecule has 27 heavy (non-hydrogen) atoms. The van der Waals surface area contributed by atoms with E-state index in [2.05, 4.69) is 48.8 Å². The van der Waals surface area contributed by atoms with E-state index in [0.717, 1.165) is 48.3 Å². The van der Waals surface area contributed by atoms with Crippen LogP contribution >= 0.6 is 0 Å². The maximum Gasteiger partial charge on any atom is 0.0942 e. The summed E-state index contributed by atoms with van der Waals surface area (Å²) in [6, 6.07) is 12.7. The number of aromatic amines is 1. The largest absolute Gasteiger partial charge is 0.347 e. The molecule has 4 aromatic rings. The standard InChI is InChI=1S/C21H20N6/c1-2-4-18-15(3-1)7-16(9-23-18)19-8-20-21(5-6-27(20)25-19)12-26(13-21)11-17-10-22-14-24-17/h1-4,7-10,14H,5-6,11-13H2,(H,22,24). The third-order valence-electron chi connectivity index (χ3n) is 6.01. The maximum absolute atomic E-state index is 4.89. The number of para-hydroxylation sites is 1. The van der Waals surface area contributed by atoms with Crippen LogP contribution in [0.25, 0.3) is 22.2 Å². The van der Waals surface area contributed by atoms with E-state index in [4.69, 9.17) is 5.10 Å². The molecule has 0 aliphatic carbocycles. The Hall–Kier alpha value is -2.99. The number of rotatable bonds is 3. The van der Waals surface area contributed by atoms with Gasteiger partial charge >= 0.3 is 0 Å². The van der Waals surface area contributed by atoms with E-state index >= 15 is 0 Å². The van der Waals surface area contributed by atoms with Crippen LogP contribution in [0.1, 0.15) is 17.8 Å². The first-order valence-electron chi connectivity index (χ1n) is 9.42. The molecule has 2 aliphatic heterocycles. The molecule has 134 valence electrons. The van der Waals surface area contributed by atoms with Gasteiger partial charge in [0.1, 0.15) is 0 Å². The van der Waals surface area contributed by atoms with Crippen LogP contribution in [-0.2, 0) is 18.5 Å². The van der Waals surface area contributed by atoms with Crippen LogP contribution in [0.3, 0.4) is 0 Å². The van der Waals surface area contributed by atoms with Crippen LogP contribution in [0.4, 0.5) is 0 Å². The molecule has 0 bridgehead atoms. The van der Waals surface area contributed by atoms with Crippen molar-refractivity contribution in [2.75, 3.05) is 13.1 Å². The summed E-state index contributed by atoms with van der Waals surface area (Å²) < 4.78 is 2.21. The van der Waals surface area contributed by atoms with Crippen molar-refractivity contribution in [2.45, 2.75) is 24.9 Å². The molecule has 0 amide bonds. The molecule has 1 saturated heterocycles. The smallest absolute Gasteiger partial charge is 0.0942 e. The number of benzene rings is 1. The lowest BCUT2D eigenvalue weighted by Crippen LogP contribution is -2.57. The zero-order chi connectivity index (χ0) is 17.8. The minimum Gasteiger partial charge on any atom is -0.347 e. The lowest BCUT2D eigenvalue weighted by Gasteiger charge is -2.47. The second kappa shape index (κ2) is 5.50. The number of likely N-dealkylation sites (tertiary alicyclic amines) is 1. The highest BCUT2D eigenvalue weighted by Crippen LogP contribution is 2.44. The van der Waals surface area contributed by atoms with E-state index in [-0.39, 0.29) is 5.41 Å². The van der Waals surface area contributed by atoms with Crippen molar-refractivity contribution in [2.24, 2.45) is 0 Å². The number of fused-ring (bicyclic) bond motifs is 3. The molecule has 1 N–H and O–H groups in total. The Kier molecular flexibility index (Phi) is 3.08. The van der Waals surface area contributed by atoms with E-state index in [9.17, 15) is 0 Å². The highest BCUT2D eigenvalue weighted by Gasteiger charge is 2.49. The van der Waals surface area contributed by atoms with E-state index in [0.29, 0.717) is 0 Å². The molecule has 6 nitrogen and oxygen atoms in total. The summed E-state index contributed by atoms with van der Waals surface area (Å²) >= 11 is 0. The highest BCUT2D eigenvalue weighted by atomic mass is 15.3. The maximum atomic E-state index is 4.89. The molecule has 6 heteroatoms. The lowest BCUT2D eigenvalue weighted by molar-refractivity contribution is 0.0571. The Morgan fingerprint density at radius 1 is 1.11 bits per heavy atom. The van der Waals surface area contributed by atoms with E-state index in [1.165, 1.54) is 17.8 Å². The van der Waals surface area contributed by atoms with Gasteiger partial charge < -0.3 is 4.98 Å². The van der Waals surface area contributed by atoms with Crippen molar-refractivity contribution in [3.05, 3.63) is 66.5 Å². The van der Waals surface area contributed by atoms with Crippen molar-refractivity contribution < 1.29 is 0 Å². The number of nitrogens with one attached hydrogen (secondary N) is 1. The zero-order valence-electron chi connectivity index (χ0n) is 15.0. The number of H-pyrrole nitrogens is 1. The van der Waals surface area contributed by atoms with E-state index in [1.807, 2.05) is 24.5 Å². The van der Waals surface area contributed by atoms with Gasteiger partial charge in [-0.2, -0.15) is 5.10 Å². The van der Waals surface area contributed by atoms with Crippen LogP contribution in [0.2, 0.25) is 0 Å². The van der Waals surface area contributed by atoms with Gasteiger partial charge in [-0.25, -0.2) is 4.98 Å². The monoisotopic (exact) mass is 356 g/mol. The van der Waals surface area contributed by atoms with Crippen molar-refractivity contribution in [1.82, 2.24) is 29.6 Å². The molecular weight excluding hydrogens is 336 g/mol. The molecule has 1 spiro atoms. The van der Waals surface area contributed by atoms with Crippen LogP contribution < -0.4 is 0 Å². The van der Waals surface area contributed by atoms with Crippen LogP contribution in [0, 0.1) is 0 Å². The predicted molar refractivity (Wildman–Crippen MR) is 103 cm³/mol. The normalized spacial score (nSPS) is 18.1. The van der Waals surface area contributed by atoms with Gasteiger partial charge in [-0.15, -0.1) is 0 Å². The number of aromatic nitrogens is 5. The summed E-state index contributed by atoms with van der Waals surface area (Å²) in [5.41, 5.74) is 5.98. The number of nitrogens with zero attached hydrogens (tertiary/aromatic N) is 5. The first-order chi connectivity index (χ1) is 13.3. The number of pyridine rings is 1. The Morgan fingerprint density at radius 3 is 2.93 bits per heavy atom. The van der Waals surface area contributed by atoms with Gasteiger partial charge in [-0.05, 0) is 24.6 Å². The second-order valence-electron chi connectivity index (χ2n) is 7.81. The van der Waals surface area contributed by atoms with Gasteiger partial charge in [-0.1, -0.05) is 18.2 Å². The topological polar surface area (TPSA) is 62.6 Å². The average Bonchev–Trinajstić information content (AvgIpc) is 3.38. The predicted octanol–water partition coefficient (Wildman–Crippen LogP) is 2.98. The number of hydrogen-bond donors (Lipinski definition) is 1. The van der Waals surface area contributed by atoms with E-state index in [1.54, 1.807) is 6.33 Å². The van der Waals surface area contributed by atoms with Crippen molar-refractivity contribution in [3.8, 4) is 11.3 Å². The summed E-state index contributed by atoms with van der Waals surface area (Å²) in [5, 5.41) is 6.05. The molecule has 0 saturated carbocycles. The molecule has 0 atom stereocenters. The van der Waals surface area contributed by atoms with Crippen LogP contribution in [0.5, 0.6) is 0 Å². The number of aryl methyl sites for hydroxylation is 1. The van der Waals surface area contributed by atoms with Gasteiger partial charge in [0.05, 0.1) is 17.5 Å². The third kappa shape index (κ3) is 2.33. The van der Waals surface area contributed by atoms with Gasteiger partial charge in [-0.3, -0.25) is 14.6 Å². The summed E-state index contributed by atoms with van der Waals surface area (Å²) in [5.74, 6) is 0. The van der Waals surface area contributed by atoms with Crippen molar-refractivity contribution >= 4 is 10.9 Å². The Balaban J connectivity index is 1.28. The molecule has 0 unspecified atom stereocenters. The number of hydrogen-bond acceptors (Lipinski definition) is 4. The van der Waals surface area contributed by atoms with Gasteiger partial charge in [0.25, 0.3) is 0 Å². The molecule has 5 heterocycles. The third-order valence-corrected chi connectivity index (χ3v) is 6.01. The molecular formula is C21H20N6. The summed E-state index contributed by atoms with van der Waals surface area (Å²) in [6.45, 7) is 4.13. The summed E-state index contributed by atoms with van der Waals surface area (Å²) in [4.78, 5) is 14.4. The number of imidazole rings is 1. The summed E-state index contributed by atoms with van der Waals surface area (Å²) in [6.07, 6.45) is 6.79. The van der Waals surface area contributed by atoms with Gasteiger partial charge in [0.2, 0.25) is 0 Å².